The Balaban J connectivity index is 1.72. The van der Waals surface area contributed by atoms with Crippen LogP contribution in [0.1, 0.15) is 42.5 Å². The Kier molecular flexibility index (Phi) is 12.9. The van der Waals surface area contributed by atoms with Crippen LogP contribution < -0.4 is 16.0 Å². The highest BCUT2D eigenvalue weighted by Gasteiger charge is 2.19. The van der Waals surface area contributed by atoms with Crippen molar-refractivity contribution >= 4 is 40.7 Å². The van der Waals surface area contributed by atoms with Crippen molar-refractivity contribution in [2.75, 3.05) is 56.0 Å². The van der Waals surface area contributed by atoms with Crippen molar-refractivity contribution in [1.29, 1.82) is 5.26 Å². The smallest absolute Gasteiger partial charge is 0.332 e. The van der Waals surface area contributed by atoms with Crippen molar-refractivity contribution in [3.63, 3.8) is 0 Å². The molecular formula is C33H41N11O4. The molecule has 0 bridgehead atoms. The van der Waals surface area contributed by atoms with Crippen LogP contribution >= 0.6 is 0 Å². The fourth-order valence-electron chi connectivity index (χ4n) is 4.77. The highest BCUT2D eigenvalue weighted by atomic mass is 16.6. The van der Waals surface area contributed by atoms with Crippen LogP contribution in [-0.2, 0) is 19.0 Å². The highest BCUT2D eigenvalue weighted by Crippen LogP contribution is 2.36. The molecule has 0 spiro atoms. The van der Waals surface area contributed by atoms with Gasteiger partial charge in [0.05, 0.1) is 31.3 Å². The maximum absolute atomic E-state index is 11.9. The molecule has 0 aliphatic carbocycles. The number of methoxy groups -OCH3 is 1. The number of azo groups is 1. The average Bonchev–Trinajstić information content (AvgIpc) is 3.48. The second kappa shape index (κ2) is 17.5. The van der Waals surface area contributed by atoms with Gasteiger partial charge in [0.15, 0.2) is 17.3 Å². The molecule has 4 rings (SSSR count). The van der Waals surface area contributed by atoms with Crippen LogP contribution in [0.3, 0.4) is 0 Å². The monoisotopic (exact) mass is 655 g/mol. The summed E-state index contributed by atoms with van der Waals surface area (Å²) < 4.78 is 17.2. The minimum absolute atomic E-state index is 0.0941. The van der Waals surface area contributed by atoms with E-state index in [1.807, 2.05) is 40.7 Å². The first-order valence-corrected chi connectivity index (χ1v) is 15.5. The predicted octanol–water partition coefficient (Wildman–Crippen LogP) is 5.84. The maximum Gasteiger partial charge on any atom is 0.332 e. The standard InChI is InChI=1S/C33H41N11O4/c1-7-47-20-27(45)48-13-9-12-36-31-29(41-42-30-25(16-34)18-44(43-30)26-10-8-11-35-17-26)32(37-24(5)19-46-6)40-33(39-31)38-28-22(3)14-21(2)15-23(28)4/h8,10-11,14-15,17-18,24H,7,9,12-13,19-20H2,1-6H3,(H3,36,37,38,39,40). The minimum Gasteiger partial charge on any atom is -0.464 e. The summed E-state index contributed by atoms with van der Waals surface area (Å²) in [6.45, 7) is 11.1. The van der Waals surface area contributed by atoms with Gasteiger partial charge in [-0.3, -0.25) is 4.98 Å². The number of hydrogen-bond donors (Lipinski definition) is 3. The zero-order valence-corrected chi connectivity index (χ0v) is 28.1. The Bertz CT molecular complexity index is 1730. The van der Waals surface area contributed by atoms with Crippen LogP contribution in [0.5, 0.6) is 0 Å². The number of pyridine rings is 1. The number of ether oxygens (including phenoxy) is 3. The Hall–Kier alpha value is -5.46. The van der Waals surface area contributed by atoms with Crippen molar-refractivity contribution in [3.05, 3.63) is 65.1 Å². The fraction of sp³-hybridized carbons (Fsp3) is 0.394. The number of carbonyl (C=O) groups excluding carboxylic acids is 1. The van der Waals surface area contributed by atoms with Crippen molar-refractivity contribution in [1.82, 2.24) is 24.7 Å². The molecule has 252 valence electrons. The van der Waals surface area contributed by atoms with E-state index in [4.69, 9.17) is 24.2 Å². The highest BCUT2D eigenvalue weighted by molar-refractivity contribution is 5.77. The average molecular weight is 656 g/mol. The van der Waals surface area contributed by atoms with E-state index in [-0.39, 0.29) is 36.3 Å². The molecule has 4 aromatic rings. The van der Waals surface area contributed by atoms with E-state index in [0.717, 1.165) is 22.4 Å². The summed E-state index contributed by atoms with van der Waals surface area (Å²) in [4.78, 5) is 25.6. The molecule has 0 aliphatic heterocycles. The third-order valence-corrected chi connectivity index (χ3v) is 6.87. The van der Waals surface area contributed by atoms with Crippen LogP contribution in [0.25, 0.3) is 5.69 Å². The molecule has 0 aliphatic rings. The number of nitrogens with one attached hydrogen (secondary N) is 3. The lowest BCUT2D eigenvalue weighted by Crippen LogP contribution is -2.22. The molecule has 3 N–H and O–H groups in total. The molecule has 0 fully saturated rings. The number of nitrogens with zero attached hydrogens (tertiary/aromatic N) is 8. The molecule has 0 radical (unpaired) electrons. The van der Waals surface area contributed by atoms with Gasteiger partial charge in [0.1, 0.15) is 18.2 Å². The third kappa shape index (κ3) is 9.77. The molecule has 0 amide bonds. The lowest BCUT2D eigenvalue weighted by Gasteiger charge is -2.19. The van der Waals surface area contributed by atoms with E-state index in [9.17, 15) is 10.1 Å². The number of rotatable bonds is 17. The van der Waals surface area contributed by atoms with Crippen molar-refractivity contribution in [3.8, 4) is 11.8 Å². The van der Waals surface area contributed by atoms with Gasteiger partial charge in [-0.25, -0.2) is 9.48 Å². The van der Waals surface area contributed by atoms with Crippen LogP contribution in [0.15, 0.2) is 53.1 Å². The number of nitriles is 1. The van der Waals surface area contributed by atoms with Gasteiger partial charge in [-0.05, 0) is 64.3 Å². The van der Waals surface area contributed by atoms with Crippen LogP contribution in [0.4, 0.5) is 34.8 Å². The molecule has 1 unspecified atom stereocenters. The number of carbonyl (C=O) groups is 1. The van der Waals surface area contributed by atoms with Gasteiger partial charge in [0.2, 0.25) is 11.8 Å². The second-order valence-corrected chi connectivity index (χ2v) is 11.0. The summed E-state index contributed by atoms with van der Waals surface area (Å²) in [6, 6.07) is 9.72. The molecule has 15 heteroatoms. The van der Waals surface area contributed by atoms with Gasteiger partial charge >= 0.3 is 5.97 Å². The number of aryl methyl sites for hydroxylation is 3. The quantitative estimate of drug-likeness (QED) is 0.0702. The predicted molar refractivity (Wildman–Crippen MR) is 182 cm³/mol. The number of benzene rings is 1. The Morgan fingerprint density at radius 1 is 1.15 bits per heavy atom. The first-order chi connectivity index (χ1) is 23.2. The largest absolute Gasteiger partial charge is 0.464 e. The van der Waals surface area contributed by atoms with Crippen LogP contribution in [-0.4, -0.2) is 76.8 Å². The summed E-state index contributed by atoms with van der Waals surface area (Å²) in [6.07, 6.45) is 5.32. The van der Waals surface area contributed by atoms with Gasteiger partial charge in [-0.15, -0.1) is 15.3 Å². The molecule has 1 aromatic carbocycles. The summed E-state index contributed by atoms with van der Waals surface area (Å²) in [5.41, 5.74) is 5.29. The van der Waals surface area contributed by atoms with Crippen LogP contribution in [0.2, 0.25) is 0 Å². The molecule has 48 heavy (non-hydrogen) atoms. The summed E-state index contributed by atoms with van der Waals surface area (Å²) in [5, 5.41) is 33.2. The van der Waals surface area contributed by atoms with Gasteiger partial charge < -0.3 is 30.2 Å². The number of anilines is 4. The van der Waals surface area contributed by atoms with E-state index in [0.29, 0.717) is 49.5 Å². The molecule has 0 saturated carbocycles. The SMILES string of the molecule is CCOCC(=O)OCCCNc1nc(Nc2c(C)cc(C)cc2C)nc(NC(C)COC)c1N=Nc1nn(-c2cccnc2)cc1C#N. The Labute approximate surface area is 279 Å². The molecule has 0 saturated heterocycles. The molecule has 15 nitrogen and oxygen atoms in total. The van der Waals surface area contributed by atoms with Crippen LogP contribution in [0, 0.1) is 32.1 Å². The van der Waals surface area contributed by atoms with Gasteiger partial charge in [-0.2, -0.15) is 15.2 Å². The molecule has 3 heterocycles. The topological polar surface area (TPSA) is 186 Å². The van der Waals surface area contributed by atoms with Crippen molar-refractivity contribution < 1.29 is 19.0 Å². The summed E-state index contributed by atoms with van der Waals surface area (Å²) in [5.74, 6) is 0.731. The lowest BCUT2D eigenvalue weighted by molar-refractivity contribution is -0.148. The van der Waals surface area contributed by atoms with E-state index in [2.05, 4.69) is 54.5 Å². The maximum atomic E-state index is 11.9. The first kappa shape index (κ1) is 35.4. The fourth-order valence-corrected chi connectivity index (χ4v) is 4.77. The summed E-state index contributed by atoms with van der Waals surface area (Å²) in [7, 11) is 1.62. The number of hydrogen-bond acceptors (Lipinski definition) is 14. The zero-order chi connectivity index (χ0) is 34.5. The summed E-state index contributed by atoms with van der Waals surface area (Å²) >= 11 is 0. The lowest BCUT2D eigenvalue weighted by atomic mass is 10.1. The molecule has 3 aromatic heterocycles. The molecular weight excluding hydrogens is 614 g/mol. The Morgan fingerprint density at radius 3 is 2.60 bits per heavy atom. The number of esters is 1. The third-order valence-electron chi connectivity index (χ3n) is 6.87. The number of aromatic nitrogens is 5. The van der Waals surface area contributed by atoms with E-state index in [1.165, 1.54) is 4.68 Å². The molecule has 1 atom stereocenters. The normalized spacial score (nSPS) is 11.7. The van der Waals surface area contributed by atoms with Crippen molar-refractivity contribution in [2.24, 2.45) is 10.2 Å². The van der Waals surface area contributed by atoms with E-state index < -0.39 is 5.97 Å². The van der Waals surface area contributed by atoms with E-state index >= 15 is 0 Å². The van der Waals surface area contributed by atoms with Gasteiger partial charge in [0.25, 0.3) is 0 Å². The van der Waals surface area contributed by atoms with Crippen molar-refractivity contribution in [2.45, 2.75) is 47.1 Å². The van der Waals surface area contributed by atoms with Gasteiger partial charge in [0, 0.05) is 38.2 Å². The first-order valence-electron chi connectivity index (χ1n) is 15.5. The van der Waals surface area contributed by atoms with Gasteiger partial charge in [-0.1, -0.05) is 17.7 Å². The van der Waals surface area contributed by atoms with E-state index in [1.54, 1.807) is 31.8 Å². The Morgan fingerprint density at radius 2 is 1.92 bits per heavy atom. The zero-order valence-electron chi connectivity index (χ0n) is 28.1. The minimum atomic E-state index is -0.429. The second-order valence-electron chi connectivity index (χ2n) is 11.0.